The molecule has 34 heavy (non-hydrogen) atoms. The SMILES string of the molecule is CCCC[C@H](CC)C(=O)N1CCC(C(=O)N[C@@H]2CCCC[C@H]2NC(=O)c2ccccc2C)CC1. The number of benzene rings is 1. The van der Waals surface area contributed by atoms with Crippen LogP contribution in [0.2, 0.25) is 0 Å². The lowest BCUT2D eigenvalue weighted by molar-refractivity contribution is -0.139. The van der Waals surface area contributed by atoms with E-state index in [0.29, 0.717) is 18.7 Å². The number of unbranched alkanes of at least 4 members (excludes halogenated alkanes) is 1. The van der Waals surface area contributed by atoms with E-state index in [1.807, 2.05) is 36.1 Å². The van der Waals surface area contributed by atoms with Crippen molar-refractivity contribution in [3.05, 3.63) is 35.4 Å². The van der Waals surface area contributed by atoms with Gasteiger partial charge in [0.2, 0.25) is 11.8 Å². The van der Waals surface area contributed by atoms with Crippen LogP contribution < -0.4 is 10.6 Å². The molecule has 2 fully saturated rings. The quantitative estimate of drug-likeness (QED) is 0.554. The molecule has 188 valence electrons. The smallest absolute Gasteiger partial charge is 0.251 e. The summed E-state index contributed by atoms with van der Waals surface area (Å²) >= 11 is 0. The van der Waals surface area contributed by atoms with Gasteiger partial charge in [-0.1, -0.05) is 57.7 Å². The molecule has 1 aromatic carbocycles. The molecule has 1 aliphatic carbocycles. The average Bonchev–Trinajstić information content (AvgIpc) is 2.85. The number of nitrogens with one attached hydrogen (secondary N) is 2. The predicted molar refractivity (Wildman–Crippen MR) is 135 cm³/mol. The van der Waals surface area contributed by atoms with E-state index < -0.39 is 0 Å². The van der Waals surface area contributed by atoms with Gasteiger partial charge in [0.25, 0.3) is 5.91 Å². The Morgan fingerprint density at radius 1 is 0.971 bits per heavy atom. The summed E-state index contributed by atoms with van der Waals surface area (Å²) in [5.41, 5.74) is 1.65. The zero-order valence-electron chi connectivity index (χ0n) is 21.3. The molecule has 0 spiro atoms. The van der Waals surface area contributed by atoms with E-state index in [4.69, 9.17) is 0 Å². The van der Waals surface area contributed by atoms with Gasteiger partial charge in [-0.25, -0.2) is 0 Å². The fraction of sp³-hybridized carbons (Fsp3) is 0.679. The Morgan fingerprint density at radius 2 is 1.62 bits per heavy atom. The second-order valence-electron chi connectivity index (χ2n) is 10.1. The van der Waals surface area contributed by atoms with Crippen LogP contribution in [0.1, 0.15) is 94.0 Å². The molecule has 3 amide bonds. The first-order valence-electron chi connectivity index (χ1n) is 13.4. The molecule has 6 nitrogen and oxygen atoms in total. The summed E-state index contributed by atoms with van der Waals surface area (Å²) in [5, 5.41) is 6.44. The molecule has 1 saturated carbocycles. The number of hydrogen-bond acceptors (Lipinski definition) is 3. The molecule has 6 heteroatoms. The minimum atomic E-state index is -0.0652. The number of nitrogens with zero attached hydrogens (tertiary/aromatic N) is 1. The highest BCUT2D eigenvalue weighted by atomic mass is 16.2. The third-order valence-electron chi connectivity index (χ3n) is 7.73. The van der Waals surface area contributed by atoms with Crippen molar-refractivity contribution < 1.29 is 14.4 Å². The predicted octanol–water partition coefficient (Wildman–Crippen LogP) is 4.61. The number of aryl methyl sites for hydroxylation is 1. The summed E-state index contributed by atoms with van der Waals surface area (Å²) in [6.07, 6.45) is 9.37. The number of hydrogen-bond donors (Lipinski definition) is 2. The van der Waals surface area contributed by atoms with E-state index in [0.717, 1.165) is 69.8 Å². The summed E-state index contributed by atoms with van der Waals surface area (Å²) in [6.45, 7) is 7.53. The van der Waals surface area contributed by atoms with Crippen molar-refractivity contribution in [2.24, 2.45) is 11.8 Å². The lowest BCUT2D eigenvalue weighted by atomic mass is 9.88. The Morgan fingerprint density at radius 3 is 2.24 bits per heavy atom. The van der Waals surface area contributed by atoms with Crippen LogP contribution in [0.25, 0.3) is 0 Å². The molecule has 1 aromatic rings. The van der Waals surface area contributed by atoms with Crippen molar-refractivity contribution in [2.45, 2.75) is 97.1 Å². The monoisotopic (exact) mass is 469 g/mol. The maximum Gasteiger partial charge on any atom is 0.251 e. The Kier molecular flexibility index (Phi) is 9.97. The molecular weight excluding hydrogens is 426 g/mol. The first kappa shape index (κ1) is 26.2. The van der Waals surface area contributed by atoms with Crippen molar-refractivity contribution in [3.63, 3.8) is 0 Å². The minimum absolute atomic E-state index is 0.0348. The van der Waals surface area contributed by atoms with Crippen LogP contribution in [0.4, 0.5) is 0 Å². The second kappa shape index (κ2) is 12.9. The molecule has 3 atom stereocenters. The lowest BCUT2D eigenvalue weighted by Crippen LogP contribution is -2.55. The van der Waals surface area contributed by atoms with Crippen molar-refractivity contribution in [2.75, 3.05) is 13.1 Å². The van der Waals surface area contributed by atoms with E-state index >= 15 is 0 Å². The first-order chi connectivity index (χ1) is 16.4. The van der Waals surface area contributed by atoms with Gasteiger partial charge in [0, 0.05) is 42.6 Å². The lowest BCUT2D eigenvalue weighted by Gasteiger charge is -2.36. The molecule has 0 bridgehead atoms. The van der Waals surface area contributed by atoms with Crippen molar-refractivity contribution in [1.82, 2.24) is 15.5 Å². The zero-order valence-corrected chi connectivity index (χ0v) is 21.3. The fourth-order valence-corrected chi connectivity index (χ4v) is 5.42. The molecule has 0 unspecified atom stereocenters. The van der Waals surface area contributed by atoms with Crippen LogP contribution in [0.3, 0.4) is 0 Å². The highest BCUT2D eigenvalue weighted by Gasteiger charge is 2.33. The summed E-state index contributed by atoms with van der Waals surface area (Å²) in [5.74, 6) is 0.331. The number of likely N-dealkylation sites (tertiary alicyclic amines) is 1. The third kappa shape index (κ3) is 6.83. The Balaban J connectivity index is 1.51. The van der Waals surface area contributed by atoms with Gasteiger partial charge in [0.15, 0.2) is 0 Å². The van der Waals surface area contributed by atoms with Crippen LogP contribution in [0, 0.1) is 18.8 Å². The number of amides is 3. The summed E-state index contributed by atoms with van der Waals surface area (Å²) in [6, 6.07) is 7.52. The van der Waals surface area contributed by atoms with Gasteiger partial charge >= 0.3 is 0 Å². The Labute approximate surface area is 205 Å². The molecule has 1 saturated heterocycles. The highest BCUT2D eigenvalue weighted by molar-refractivity contribution is 5.95. The van der Waals surface area contributed by atoms with Gasteiger partial charge in [-0.2, -0.15) is 0 Å². The number of carbonyl (C=O) groups is 3. The topological polar surface area (TPSA) is 78.5 Å². The molecule has 2 N–H and O–H groups in total. The van der Waals surface area contributed by atoms with E-state index in [1.54, 1.807) is 0 Å². The van der Waals surface area contributed by atoms with Gasteiger partial charge in [-0.3, -0.25) is 14.4 Å². The molecule has 0 radical (unpaired) electrons. The van der Waals surface area contributed by atoms with Gasteiger partial charge in [0.1, 0.15) is 0 Å². The summed E-state index contributed by atoms with van der Waals surface area (Å²) < 4.78 is 0. The second-order valence-corrected chi connectivity index (χ2v) is 10.1. The molecule has 1 heterocycles. The van der Waals surface area contributed by atoms with Crippen LogP contribution in [-0.4, -0.2) is 47.8 Å². The molecule has 0 aromatic heterocycles. The normalized spacial score (nSPS) is 22.1. The number of carbonyl (C=O) groups excluding carboxylic acids is 3. The summed E-state index contributed by atoms with van der Waals surface area (Å²) in [7, 11) is 0. The van der Waals surface area contributed by atoms with Gasteiger partial charge in [-0.15, -0.1) is 0 Å². The maximum atomic E-state index is 13.1. The van der Waals surface area contributed by atoms with Crippen molar-refractivity contribution in [1.29, 1.82) is 0 Å². The van der Waals surface area contributed by atoms with Crippen molar-refractivity contribution >= 4 is 17.7 Å². The van der Waals surface area contributed by atoms with E-state index in [-0.39, 0.29) is 41.6 Å². The largest absolute Gasteiger partial charge is 0.351 e. The molecule has 1 aliphatic heterocycles. The summed E-state index contributed by atoms with van der Waals surface area (Å²) in [4.78, 5) is 40.8. The first-order valence-corrected chi connectivity index (χ1v) is 13.4. The van der Waals surface area contributed by atoms with E-state index in [9.17, 15) is 14.4 Å². The van der Waals surface area contributed by atoms with E-state index in [2.05, 4.69) is 24.5 Å². The van der Waals surface area contributed by atoms with Crippen LogP contribution in [-0.2, 0) is 9.59 Å². The molecule has 3 rings (SSSR count). The average molecular weight is 470 g/mol. The van der Waals surface area contributed by atoms with Crippen LogP contribution in [0.15, 0.2) is 24.3 Å². The molecular formula is C28H43N3O3. The van der Waals surface area contributed by atoms with E-state index in [1.165, 1.54) is 0 Å². The fourth-order valence-electron chi connectivity index (χ4n) is 5.42. The Bertz CT molecular complexity index is 832. The molecule has 2 aliphatic rings. The zero-order chi connectivity index (χ0) is 24.5. The van der Waals surface area contributed by atoms with Gasteiger partial charge in [-0.05, 0) is 57.1 Å². The third-order valence-corrected chi connectivity index (χ3v) is 7.73. The van der Waals surface area contributed by atoms with Crippen LogP contribution >= 0.6 is 0 Å². The van der Waals surface area contributed by atoms with Crippen molar-refractivity contribution in [3.8, 4) is 0 Å². The number of piperidine rings is 1. The van der Waals surface area contributed by atoms with Gasteiger partial charge in [0.05, 0.1) is 0 Å². The van der Waals surface area contributed by atoms with Crippen LogP contribution in [0.5, 0.6) is 0 Å². The number of rotatable bonds is 9. The highest BCUT2D eigenvalue weighted by Crippen LogP contribution is 2.24. The minimum Gasteiger partial charge on any atom is -0.351 e. The Hall–Kier alpha value is -2.37. The maximum absolute atomic E-state index is 13.1. The standard InChI is InChI=1S/C28H43N3O3/c1-4-6-12-21(5-2)28(34)31-18-16-22(17-19-31)26(32)29-24-14-9-10-15-25(24)30-27(33)23-13-8-7-11-20(23)3/h7-8,11,13,21-22,24-25H,4-6,9-10,12,14-19H2,1-3H3,(H,29,32)(H,30,33)/t21-,24+,25+/m0/s1. The van der Waals surface area contributed by atoms with Gasteiger partial charge < -0.3 is 15.5 Å².